The number of hydrogen-bond acceptors (Lipinski definition) is 4. The smallest absolute Gasteiger partial charge is 0.318 e. The van der Waals surface area contributed by atoms with Gasteiger partial charge in [0.1, 0.15) is 24.2 Å². The summed E-state index contributed by atoms with van der Waals surface area (Å²) in [5, 5.41) is 8.76. The number of aromatic nitrogens is 2. The van der Waals surface area contributed by atoms with E-state index in [9.17, 15) is 4.39 Å². The largest absolute Gasteiger partial charge is 0.458 e. The fraction of sp³-hybridized carbons (Fsp3) is 0.154. The molecule has 0 atom stereocenters. The van der Waals surface area contributed by atoms with Crippen LogP contribution in [0.25, 0.3) is 0 Å². The van der Waals surface area contributed by atoms with Crippen LogP contribution in [0.2, 0.25) is 0 Å². The van der Waals surface area contributed by atoms with Crippen molar-refractivity contribution in [1.82, 2.24) is 9.97 Å². The molecule has 4 nitrogen and oxygen atoms in total. The van der Waals surface area contributed by atoms with Crippen LogP contribution in [0.4, 0.5) is 4.39 Å². The zero-order chi connectivity index (χ0) is 13.0. The Balaban J connectivity index is 2.14. The molecule has 0 unspecified atom stereocenters. The molecule has 2 aromatic rings. The summed E-state index contributed by atoms with van der Waals surface area (Å²) in [5.74, 6) is -0.342. The number of ether oxygens (including phenoxy) is 1. The fourth-order valence-electron chi connectivity index (χ4n) is 1.42. The highest BCUT2D eigenvalue weighted by Crippen LogP contribution is 2.11. The third-order valence-corrected chi connectivity index (χ3v) is 2.26. The van der Waals surface area contributed by atoms with Gasteiger partial charge in [0.05, 0.1) is 0 Å². The Hall–Kier alpha value is -2.48. The van der Waals surface area contributed by atoms with Crippen molar-refractivity contribution in [3.05, 3.63) is 53.1 Å². The van der Waals surface area contributed by atoms with E-state index < -0.39 is 0 Å². The van der Waals surface area contributed by atoms with Gasteiger partial charge in [-0.3, -0.25) is 0 Å². The highest BCUT2D eigenvalue weighted by Gasteiger charge is 2.05. The quantitative estimate of drug-likeness (QED) is 0.830. The van der Waals surface area contributed by atoms with E-state index in [4.69, 9.17) is 10.00 Å². The lowest BCUT2D eigenvalue weighted by molar-refractivity contribution is 0.274. The Morgan fingerprint density at radius 3 is 2.83 bits per heavy atom. The van der Waals surface area contributed by atoms with Crippen molar-refractivity contribution in [3.63, 3.8) is 0 Å². The van der Waals surface area contributed by atoms with E-state index >= 15 is 0 Å². The lowest BCUT2D eigenvalue weighted by Gasteiger charge is -2.06. The van der Waals surface area contributed by atoms with Gasteiger partial charge in [0.2, 0.25) is 0 Å². The lowest BCUT2D eigenvalue weighted by Crippen LogP contribution is -2.03. The average Bonchev–Trinajstić information content (AvgIpc) is 2.37. The van der Waals surface area contributed by atoms with Gasteiger partial charge in [0.25, 0.3) is 0 Å². The molecule has 0 saturated carbocycles. The number of benzene rings is 1. The van der Waals surface area contributed by atoms with Gasteiger partial charge >= 0.3 is 6.01 Å². The standard InChI is InChI=1S/C13H10FN3O/c1-9-6-11(7-15)17-13(16-9)18-8-10-4-2-3-5-12(10)14/h2-6H,8H2,1H3. The zero-order valence-electron chi connectivity index (χ0n) is 9.72. The molecule has 0 bridgehead atoms. The van der Waals surface area contributed by atoms with E-state index in [2.05, 4.69) is 9.97 Å². The van der Waals surface area contributed by atoms with Crippen molar-refractivity contribution in [2.75, 3.05) is 0 Å². The van der Waals surface area contributed by atoms with Crippen molar-refractivity contribution in [2.24, 2.45) is 0 Å². The van der Waals surface area contributed by atoms with Gasteiger partial charge in [0.15, 0.2) is 0 Å². The number of rotatable bonds is 3. The number of aryl methyl sites for hydroxylation is 1. The minimum atomic E-state index is -0.342. The van der Waals surface area contributed by atoms with Gasteiger partial charge in [-0.25, -0.2) is 9.37 Å². The summed E-state index contributed by atoms with van der Waals surface area (Å²) < 4.78 is 18.6. The van der Waals surface area contributed by atoms with Crippen LogP contribution >= 0.6 is 0 Å². The SMILES string of the molecule is Cc1cc(C#N)nc(OCc2ccccc2F)n1. The summed E-state index contributed by atoms with van der Waals surface area (Å²) in [4.78, 5) is 7.90. The molecule has 0 aliphatic rings. The van der Waals surface area contributed by atoms with Gasteiger partial charge in [-0.1, -0.05) is 18.2 Å². The summed E-state index contributed by atoms with van der Waals surface area (Å²) in [7, 11) is 0. The van der Waals surface area contributed by atoms with Crippen molar-refractivity contribution >= 4 is 0 Å². The van der Waals surface area contributed by atoms with E-state index in [0.717, 1.165) is 0 Å². The molecule has 0 radical (unpaired) electrons. The molecule has 0 aliphatic heterocycles. The maximum Gasteiger partial charge on any atom is 0.318 e. The first-order chi connectivity index (χ1) is 8.69. The van der Waals surface area contributed by atoms with E-state index in [1.165, 1.54) is 6.07 Å². The molecule has 90 valence electrons. The van der Waals surface area contributed by atoms with Crippen molar-refractivity contribution < 1.29 is 9.13 Å². The number of nitrogens with zero attached hydrogens (tertiary/aromatic N) is 3. The van der Waals surface area contributed by atoms with Crippen molar-refractivity contribution in [2.45, 2.75) is 13.5 Å². The minimum absolute atomic E-state index is 0.0288. The van der Waals surface area contributed by atoms with Crippen LogP contribution in [0.15, 0.2) is 30.3 Å². The molecular weight excluding hydrogens is 233 g/mol. The molecule has 0 fully saturated rings. The molecule has 1 aromatic heterocycles. The summed E-state index contributed by atoms with van der Waals surface area (Å²) >= 11 is 0. The van der Waals surface area contributed by atoms with Gasteiger partial charge in [-0.2, -0.15) is 10.2 Å². The van der Waals surface area contributed by atoms with Crippen LogP contribution in [0, 0.1) is 24.1 Å². The first-order valence-corrected chi connectivity index (χ1v) is 5.31. The second-order valence-corrected chi connectivity index (χ2v) is 3.67. The second-order valence-electron chi connectivity index (χ2n) is 3.67. The predicted octanol–water partition coefficient (Wildman–Crippen LogP) is 2.37. The Labute approximate surface area is 104 Å². The molecular formula is C13H10FN3O. The molecule has 5 heteroatoms. The third kappa shape index (κ3) is 2.80. The van der Waals surface area contributed by atoms with Crippen molar-refractivity contribution in [1.29, 1.82) is 5.26 Å². The molecule has 18 heavy (non-hydrogen) atoms. The average molecular weight is 243 g/mol. The molecule has 0 saturated heterocycles. The van der Waals surface area contributed by atoms with Gasteiger partial charge in [-0.05, 0) is 19.1 Å². The summed E-state index contributed by atoms with van der Waals surface area (Å²) in [5.41, 5.74) is 1.28. The fourth-order valence-corrected chi connectivity index (χ4v) is 1.42. The van der Waals surface area contributed by atoms with E-state index in [-0.39, 0.29) is 24.1 Å². The molecule has 2 rings (SSSR count). The minimum Gasteiger partial charge on any atom is -0.458 e. The third-order valence-electron chi connectivity index (χ3n) is 2.26. The van der Waals surface area contributed by atoms with Crippen LogP contribution in [0.5, 0.6) is 6.01 Å². The first-order valence-electron chi connectivity index (χ1n) is 5.31. The summed E-state index contributed by atoms with van der Waals surface area (Å²) in [6, 6.07) is 9.85. The van der Waals surface area contributed by atoms with Gasteiger partial charge in [0, 0.05) is 11.3 Å². The number of hydrogen-bond donors (Lipinski definition) is 0. The molecule has 1 heterocycles. The first kappa shape index (κ1) is 12.0. The van der Waals surface area contributed by atoms with Crippen LogP contribution in [-0.2, 0) is 6.61 Å². The number of nitriles is 1. The highest BCUT2D eigenvalue weighted by molar-refractivity contribution is 5.24. The second kappa shape index (κ2) is 5.23. The molecule has 1 aromatic carbocycles. The molecule has 0 amide bonds. The van der Waals surface area contributed by atoms with E-state index in [0.29, 0.717) is 11.3 Å². The van der Waals surface area contributed by atoms with Crippen LogP contribution in [0.1, 0.15) is 17.0 Å². The lowest BCUT2D eigenvalue weighted by atomic mass is 10.2. The van der Waals surface area contributed by atoms with Gasteiger partial charge in [-0.15, -0.1) is 0 Å². The van der Waals surface area contributed by atoms with E-state index in [1.807, 2.05) is 6.07 Å². The summed E-state index contributed by atoms with van der Waals surface area (Å²) in [6.45, 7) is 1.76. The Morgan fingerprint density at radius 1 is 1.33 bits per heavy atom. The molecule has 0 spiro atoms. The Kier molecular flexibility index (Phi) is 3.49. The zero-order valence-corrected chi connectivity index (χ0v) is 9.72. The maximum absolute atomic E-state index is 13.3. The number of halogens is 1. The normalized spacial score (nSPS) is 9.83. The van der Waals surface area contributed by atoms with Crippen LogP contribution in [0.3, 0.4) is 0 Å². The molecule has 0 N–H and O–H groups in total. The summed E-state index contributed by atoms with van der Waals surface area (Å²) in [6.07, 6.45) is 0. The molecule has 0 aliphatic carbocycles. The predicted molar refractivity (Wildman–Crippen MR) is 62.2 cm³/mol. The Morgan fingerprint density at radius 2 is 2.11 bits per heavy atom. The van der Waals surface area contributed by atoms with E-state index in [1.54, 1.807) is 31.2 Å². The van der Waals surface area contributed by atoms with Crippen LogP contribution in [-0.4, -0.2) is 9.97 Å². The maximum atomic E-state index is 13.3. The Bertz CT molecular complexity index is 607. The topological polar surface area (TPSA) is 58.8 Å². The van der Waals surface area contributed by atoms with Crippen molar-refractivity contribution in [3.8, 4) is 12.1 Å². The van der Waals surface area contributed by atoms with Gasteiger partial charge < -0.3 is 4.74 Å². The highest BCUT2D eigenvalue weighted by atomic mass is 19.1. The van der Waals surface area contributed by atoms with Crippen LogP contribution < -0.4 is 4.74 Å². The monoisotopic (exact) mass is 243 g/mol.